The third-order valence-corrected chi connectivity index (χ3v) is 4.72. The normalized spacial score (nSPS) is 18.9. The summed E-state index contributed by atoms with van der Waals surface area (Å²) in [6, 6.07) is 0.904. The Morgan fingerprint density at radius 2 is 2.15 bits per heavy atom. The van der Waals surface area contributed by atoms with Crippen molar-refractivity contribution in [2.24, 2.45) is 11.5 Å². The van der Waals surface area contributed by atoms with Gasteiger partial charge in [-0.2, -0.15) is 0 Å². The zero-order valence-corrected chi connectivity index (χ0v) is 15.3. The number of furan rings is 1. The molecule has 3 atom stereocenters. The van der Waals surface area contributed by atoms with Crippen LogP contribution in [0.5, 0.6) is 0 Å². The summed E-state index contributed by atoms with van der Waals surface area (Å²) < 4.78 is 5.19. The number of nitrogens with zero attached hydrogens (tertiary/aromatic N) is 1. The molecule has 0 radical (unpaired) electrons. The van der Waals surface area contributed by atoms with Crippen LogP contribution in [0.1, 0.15) is 37.9 Å². The van der Waals surface area contributed by atoms with Gasteiger partial charge in [-0.05, 0) is 50.8 Å². The van der Waals surface area contributed by atoms with Crippen LogP contribution in [0.15, 0.2) is 22.8 Å². The van der Waals surface area contributed by atoms with Gasteiger partial charge in [0.2, 0.25) is 11.8 Å². The van der Waals surface area contributed by atoms with Gasteiger partial charge in [-0.3, -0.25) is 9.59 Å². The summed E-state index contributed by atoms with van der Waals surface area (Å²) in [4.78, 5) is 38.1. The van der Waals surface area contributed by atoms with E-state index in [0.717, 1.165) is 0 Å². The summed E-state index contributed by atoms with van der Waals surface area (Å²) in [5.41, 5.74) is 11.4. The molecule has 2 amide bonds. The van der Waals surface area contributed by atoms with Crippen molar-refractivity contribution in [1.29, 1.82) is 0 Å². The fourth-order valence-corrected chi connectivity index (χ4v) is 3.25. The highest BCUT2D eigenvalue weighted by molar-refractivity contribution is 5.92. The molecule has 0 saturated carbocycles. The summed E-state index contributed by atoms with van der Waals surface area (Å²) in [6.45, 7) is 0.853. The first-order chi connectivity index (χ1) is 12.9. The average molecular weight is 380 g/mol. The molecule has 0 unspecified atom stereocenters. The average Bonchev–Trinajstić information content (AvgIpc) is 3.31. The molecule has 1 aromatic rings. The topological polar surface area (TPSA) is 152 Å². The number of amides is 2. The first kappa shape index (κ1) is 20.9. The molecule has 0 bridgehead atoms. The Bertz CT molecular complexity index is 634. The van der Waals surface area contributed by atoms with E-state index in [1.807, 2.05) is 0 Å². The number of carbonyl (C=O) groups excluding carboxylic acids is 2. The van der Waals surface area contributed by atoms with Gasteiger partial charge in [0.1, 0.15) is 17.8 Å². The quantitative estimate of drug-likeness (QED) is 0.411. The van der Waals surface area contributed by atoms with Crippen LogP contribution in [0, 0.1) is 0 Å². The highest BCUT2D eigenvalue weighted by Crippen LogP contribution is 2.20. The number of hydrogen-bond donors (Lipinski definition) is 4. The van der Waals surface area contributed by atoms with E-state index in [-0.39, 0.29) is 12.3 Å². The minimum atomic E-state index is -1.03. The van der Waals surface area contributed by atoms with Crippen LogP contribution in [0.2, 0.25) is 0 Å². The third-order valence-electron chi connectivity index (χ3n) is 4.72. The smallest absolute Gasteiger partial charge is 0.326 e. The summed E-state index contributed by atoms with van der Waals surface area (Å²) in [6.07, 6.45) is 4.50. The number of nitrogens with two attached hydrogens (primary N) is 2. The molecule has 2 heterocycles. The zero-order valence-electron chi connectivity index (χ0n) is 15.3. The van der Waals surface area contributed by atoms with Crippen LogP contribution in [-0.2, 0) is 20.8 Å². The molecule has 0 spiro atoms. The molecular formula is C18H28N4O5. The number of nitrogens with one attached hydrogen (secondary N) is 1. The van der Waals surface area contributed by atoms with Gasteiger partial charge in [-0.15, -0.1) is 0 Å². The standard InChI is InChI=1S/C18H28N4O5/c19-8-2-1-6-14(17(24)22-9-3-7-15(22)18(25)26)21-16(23)13(20)11-12-5-4-10-27-12/h4-5,10,13-15H,1-3,6-9,11,19-20H2,(H,21,23)(H,25,26)/t13-,14-,15-/m0/s1. The largest absolute Gasteiger partial charge is 0.480 e. The van der Waals surface area contributed by atoms with Crippen molar-refractivity contribution >= 4 is 17.8 Å². The number of hydrogen-bond acceptors (Lipinski definition) is 6. The number of rotatable bonds is 10. The Labute approximate surface area is 158 Å². The predicted molar refractivity (Wildman–Crippen MR) is 97.6 cm³/mol. The molecule has 0 aromatic carbocycles. The third kappa shape index (κ3) is 5.80. The summed E-state index contributed by atoms with van der Waals surface area (Å²) in [5.74, 6) is -1.30. The molecule has 1 aliphatic rings. The lowest BCUT2D eigenvalue weighted by atomic mass is 10.1. The van der Waals surface area contributed by atoms with Crippen molar-refractivity contribution in [3.63, 3.8) is 0 Å². The van der Waals surface area contributed by atoms with E-state index < -0.39 is 30.0 Å². The minimum Gasteiger partial charge on any atom is -0.480 e. The molecule has 1 saturated heterocycles. The van der Waals surface area contributed by atoms with E-state index in [2.05, 4.69) is 5.32 Å². The fourth-order valence-electron chi connectivity index (χ4n) is 3.25. The van der Waals surface area contributed by atoms with Gasteiger partial charge in [-0.25, -0.2) is 4.79 Å². The first-order valence-electron chi connectivity index (χ1n) is 9.25. The van der Waals surface area contributed by atoms with E-state index in [0.29, 0.717) is 51.0 Å². The molecule has 1 aliphatic heterocycles. The number of aliphatic carboxylic acids is 1. The van der Waals surface area contributed by atoms with Crippen molar-refractivity contribution in [3.05, 3.63) is 24.2 Å². The van der Waals surface area contributed by atoms with Crippen LogP contribution in [-0.4, -0.2) is 59.0 Å². The second-order valence-corrected chi connectivity index (χ2v) is 6.76. The Hall–Kier alpha value is -2.39. The summed E-state index contributed by atoms with van der Waals surface area (Å²) in [7, 11) is 0. The SMILES string of the molecule is NCCCC[C@H](NC(=O)[C@@H](N)Cc1ccco1)C(=O)N1CCC[C@H]1C(=O)O. The maximum absolute atomic E-state index is 12.9. The number of likely N-dealkylation sites (tertiary alicyclic amines) is 1. The van der Waals surface area contributed by atoms with Crippen molar-refractivity contribution in [3.8, 4) is 0 Å². The van der Waals surface area contributed by atoms with E-state index in [1.54, 1.807) is 12.1 Å². The highest BCUT2D eigenvalue weighted by Gasteiger charge is 2.37. The van der Waals surface area contributed by atoms with E-state index >= 15 is 0 Å². The molecule has 1 fully saturated rings. The zero-order chi connectivity index (χ0) is 19.8. The molecule has 27 heavy (non-hydrogen) atoms. The molecule has 0 aliphatic carbocycles. The molecule has 6 N–H and O–H groups in total. The maximum atomic E-state index is 12.9. The molecule has 9 heteroatoms. The Kier molecular flexibility index (Phi) is 7.81. The fraction of sp³-hybridized carbons (Fsp3) is 0.611. The number of unbranched alkanes of at least 4 members (excludes halogenated alkanes) is 1. The summed E-state index contributed by atoms with van der Waals surface area (Å²) in [5, 5.41) is 12.0. The lowest BCUT2D eigenvalue weighted by molar-refractivity contribution is -0.149. The number of carboxylic acids is 1. The second-order valence-electron chi connectivity index (χ2n) is 6.76. The Balaban J connectivity index is 2.02. The van der Waals surface area contributed by atoms with Crippen molar-refractivity contribution in [2.75, 3.05) is 13.1 Å². The van der Waals surface area contributed by atoms with Crippen molar-refractivity contribution < 1.29 is 23.9 Å². The minimum absolute atomic E-state index is 0.212. The maximum Gasteiger partial charge on any atom is 0.326 e. The summed E-state index contributed by atoms with van der Waals surface area (Å²) >= 11 is 0. The monoisotopic (exact) mass is 380 g/mol. The first-order valence-corrected chi connectivity index (χ1v) is 9.25. The van der Waals surface area contributed by atoms with Gasteiger partial charge in [0.05, 0.1) is 12.3 Å². The van der Waals surface area contributed by atoms with Gasteiger partial charge in [-0.1, -0.05) is 0 Å². The van der Waals surface area contributed by atoms with Crippen molar-refractivity contribution in [1.82, 2.24) is 10.2 Å². The lowest BCUT2D eigenvalue weighted by Gasteiger charge is -2.28. The van der Waals surface area contributed by atoms with E-state index in [9.17, 15) is 19.5 Å². The number of carbonyl (C=O) groups is 3. The second kappa shape index (κ2) is 10.1. The van der Waals surface area contributed by atoms with Crippen molar-refractivity contribution in [2.45, 2.75) is 56.7 Å². The van der Waals surface area contributed by atoms with E-state index in [1.165, 1.54) is 11.2 Å². The van der Waals surface area contributed by atoms with E-state index in [4.69, 9.17) is 15.9 Å². The van der Waals surface area contributed by atoms with Crippen LogP contribution in [0.25, 0.3) is 0 Å². The highest BCUT2D eigenvalue weighted by atomic mass is 16.4. The molecular weight excluding hydrogens is 352 g/mol. The Morgan fingerprint density at radius 3 is 2.78 bits per heavy atom. The Morgan fingerprint density at radius 1 is 1.37 bits per heavy atom. The van der Waals surface area contributed by atoms with Gasteiger partial charge in [0.25, 0.3) is 0 Å². The van der Waals surface area contributed by atoms with Crippen LogP contribution >= 0.6 is 0 Å². The van der Waals surface area contributed by atoms with Crippen LogP contribution in [0.3, 0.4) is 0 Å². The van der Waals surface area contributed by atoms with Crippen LogP contribution in [0.4, 0.5) is 0 Å². The van der Waals surface area contributed by atoms with Gasteiger partial charge < -0.3 is 31.2 Å². The van der Waals surface area contributed by atoms with Crippen LogP contribution < -0.4 is 16.8 Å². The molecule has 150 valence electrons. The van der Waals surface area contributed by atoms with Gasteiger partial charge in [0.15, 0.2) is 0 Å². The number of carboxylic acid groups (broad SMARTS) is 1. The van der Waals surface area contributed by atoms with Gasteiger partial charge >= 0.3 is 5.97 Å². The predicted octanol–water partition coefficient (Wildman–Crippen LogP) is -0.161. The molecule has 9 nitrogen and oxygen atoms in total. The van der Waals surface area contributed by atoms with Gasteiger partial charge in [0, 0.05) is 13.0 Å². The molecule has 2 rings (SSSR count). The molecule has 1 aromatic heterocycles. The lowest BCUT2D eigenvalue weighted by Crippen LogP contribution is -2.54.